The minimum atomic E-state index is -0.406. The maximum Gasteiger partial charge on any atom is 0.340 e. The number of aromatic nitrogens is 1. The van der Waals surface area contributed by atoms with E-state index in [0.717, 1.165) is 25.9 Å². The quantitative estimate of drug-likeness (QED) is 0.809. The summed E-state index contributed by atoms with van der Waals surface area (Å²) in [6.45, 7) is 4.20. The molecule has 1 aromatic rings. The number of nitrogens with one attached hydrogen (secondary N) is 1. The molecule has 110 valence electrons. The highest BCUT2D eigenvalue weighted by Gasteiger charge is 2.18. The van der Waals surface area contributed by atoms with Crippen molar-refractivity contribution in [3.8, 4) is 0 Å². The number of pyridine rings is 1. The molecule has 20 heavy (non-hydrogen) atoms. The fourth-order valence-corrected chi connectivity index (χ4v) is 2.42. The Hall–Kier alpha value is -1.82. The van der Waals surface area contributed by atoms with Crippen LogP contribution in [0.25, 0.3) is 0 Å². The van der Waals surface area contributed by atoms with E-state index in [1.54, 1.807) is 13.0 Å². The molecule has 6 nitrogen and oxygen atoms in total. The number of piperidine rings is 1. The molecule has 0 saturated carbocycles. The monoisotopic (exact) mass is 278 g/mol. The van der Waals surface area contributed by atoms with Crippen LogP contribution in [0.1, 0.15) is 30.1 Å². The molecule has 1 aliphatic rings. The second-order valence-corrected chi connectivity index (χ2v) is 5.12. The Bertz CT molecular complexity index is 478. The molecule has 1 unspecified atom stereocenters. The van der Waals surface area contributed by atoms with Gasteiger partial charge in [-0.3, -0.25) is 0 Å². The van der Waals surface area contributed by atoms with Crippen LogP contribution in [0.5, 0.6) is 0 Å². The number of ether oxygens (including phenoxy) is 1. The summed E-state index contributed by atoms with van der Waals surface area (Å²) in [5.41, 5.74) is 6.49. The molecule has 1 atom stereocenters. The smallest absolute Gasteiger partial charge is 0.340 e. The zero-order chi connectivity index (χ0) is 14.5. The van der Waals surface area contributed by atoms with Crippen molar-refractivity contribution in [1.29, 1.82) is 0 Å². The topological polar surface area (TPSA) is 80.5 Å². The van der Waals surface area contributed by atoms with E-state index >= 15 is 0 Å². The molecule has 2 heterocycles. The summed E-state index contributed by atoms with van der Waals surface area (Å²) in [5, 5.41) is 3.36. The minimum Gasteiger partial charge on any atom is -0.462 e. The van der Waals surface area contributed by atoms with E-state index in [0.29, 0.717) is 29.7 Å². The molecule has 0 aliphatic carbocycles. The van der Waals surface area contributed by atoms with Crippen LogP contribution in [0, 0.1) is 0 Å². The van der Waals surface area contributed by atoms with E-state index in [9.17, 15) is 4.79 Å². The zero-order valence-corrected chi connectivity index (χ0v) is 12.1. The number of likely N-dealkylation sites (N-methyl/N-ethyl adjacent to an activating group) is 1. The van der Waals surface area contributed by atoms with Crippen LogP contribution < -0.4 is 11.1 Å². The van der Waals surface area contributed by atoms with E-state index in [4.69, 9.17) is 10.5 Å². The third-order valence-electron chi connectivity index (χ3n) is 3.41. The average molecular weight is 278 g/mol. The number of hydrogen-bond acceptors (Lipinski definition) is 6. The van der Waals surface area contributed by atoms with Crippen LogP contribution in [0.15, 0.2) is 12.3 Å². The average Bonchev–Trinajstić information content (AvgIpc) is 2.41. The molecule has 2 rings (SSSR count). The second kappa shape index (κ2) is 6.56. The number of hydrogen-bond donors (Lipinski definition) is 2. The van der Waals surface area contributed by atoms with Gasteiger partial charge in [-0.15, -0.1) is 0 Å². The lowest BCUT2D eigenvalue weighted by atomic mass is 10.1. The Morgan fingerprint density at radius 3 is 3.15 bits per heavy atom. The first-order chi connectivity index (χ1) is 9.60. The van der Waals surface area contributed by atoms with Gasteiger partial charge in [-0.1, -0.05) is 0 Å². The number of likely N-dealkylation sites (tertiary alicyclic amines) is 1. The van der Waals surface area contributed by atoms with Crippen molar-refractivity contribution in [2.45, 2.75) is 25.8 Å². The van der Waals surface area contributed by atoms with Crippen LogP contribution in [-0.2, 0) is 4.74 Å². The molecule has 0 radical (unpaired) electrons. The van der Waals surface area contributed by atoms with Gasteiger partial charge in [0.1, 0.15) is 5.82 Å². The summed E-state index contributed by atoms with van der Waals surface area (Å²) in [4.78, 5) is 18.3. The maximum atomic E-state index is 11.8. The van der Waals surface area contributed by atoms with Gasteiger partial charge in [-0.05, 0) is 39.4 Å². The Balaban J connectivity index is 2.08. The molecule has 1 fully saturated rings. The lowest BCUT2D eigenvalue weighted by Gasteiger charge is -2.30. The minimum absolute atomic E-state index is 0.330. The van der Waals surface area contributed by atoms with E-state index in [1.807, 2.05) is 0 Å². The first-order valence-electron chi connectivity index (χ1n) is 6.98. The molecular weight excluding hydrogens is 256 g/mol. The molecule has 0 aromatic carbocycles. The van der Waals surface area contributed by atoms with Crippen molar-refractivity contribution in [1.82, 2.24) is 9.88 Å². The summed E-state index contributed by atoms with van der Waals surface area (Å²) in [6, 6.07) is 2.02. The zero-order valence-electron chi connectivity index (χ0n) is 12.1. The number of nitrogens with two attached hydrogens (primary N) is 1. The van der Waals surface area contributed by atoms with Crippen LogP contribution in [0.3, 0.4) is 0 Å². The van der Waals surface area contributed by atoms with Crippen molar-refractivity contribution in [3.05, 3.63) is 17.8 Å². The van der Waals surface area contributed by atoms with E-state index in [2.05, 4.69) is 22.2 Å². The predicted octanol–water partition coefficient (Wildman–Crippen LogP) is 1.35. The number of anilines is 2. The highest BCUT2D eigenvalue weighted by atomic mass is 16.5. The number of carbonyl (C=O) groups is 1. The van der Waals surface area contributed by atoms with Gasteiger partial charge >= 0.3 is 5.97 Å². The van der Waals surface area contributed by atoms with Crippen LogP contribution in [0.2, 0.25) is 0 Å². The van der Waals surface area contributed by atoms with E-state index in [1.165, 1.54) is 6.20 Å². The van der Waals surface area contributed by atoms with Crippen LogP contribution in [-0.4, -0.2) is 48.6 Å². The number of carbonyl (C=O) groups excluding carboxylic acids is 1. The van der Waals surface area contributed by atoms with Gasteiger partial charge in [-0.2, -0.15) is 0 Å². The Labute approximate surface area is 119 Å². The highest BCUT2D eigenvalue weighted by Crippen LogP contribution is 2.19. The van der Waals surface area contributed by atoms with Gasteiger partial charge in [0.2, 0.25) is 0 Å². The predicted molar refractivity (Wildman–Crippen MR) is 78.7 cm³/mol. The third kappa shape index (κ3) is 3.60. The highest BCUT2D eigenvalue weighted by molar-refractivity contribution is 5.95. The van der Waals surface area contributed by atoms with Gasteiger partial charge in [0, 0.05) is 12.6 Å². The fourth-order valence-electron chi connectivity index (χ4n) is 2.42. The molecule has 0 amide bonds. The Morgan fingerprint density at radius 1 is 1.65 bits per heavy atom. The van der Waals surface area contributed by atoms with Crippen molar-refractivity contribution in [2.24, 2.45) is 0 Å². The first kappa shape index (κ1) is 14.6. The molecule has 3 N–H and O–H groups in total. The normalized spacial score (nSPS) is 19.6. The first-order valence-corrected chi connectivity index (χ1v) is 6.98. The SMILES string of the molecule is CCOC(=O)c1cc(NC2CCCN(C)C2)ncc1N. The van der Waals surface area contributed by atoms with Crippen molar-refractivity contribution in [3.63, 3.8) is 0 Å². The number of nitrogen functional groups attached to an aromatic ring is 1. The molecule has 6 heteroatoms. The summed E-state index contributed by atoms with van der Waals surface area (Å²) in [6.07, 6.45) is 3.76. The lowest BCUT2D eigenvalue weighted by molar-refractivity contribution is 0.0527. The second-order valence-electron chi connectivity index (χ2n) is 5.12. The molecule has 0 bridgehead atoms. The number of esters is 1. The number of nitrogens with zero attached hydrogens (tertiary/aromatic N) is 2. The Kier molecular flexibility index (Phi) is 4.79. The van der Waals surface area contributed by atoms with Gasteiger partial charge in [0.15, 0.2) is 0 Å². The Morgan fingerprint density at radius 2 is 2.45 bits per heavy atom. The summed E-state index contributed by atoms with van der Waals surface area (Å²) in [5.74, 6) is 0.263. The largest absolute Gasteiger partial charge is 0.462 e. The summed E-state index contributed by atoms with van der Waals surface area (Å²) in [7, 11) is 2.11. The van der Waals surface area contributed by atoms with Gasteiger partial charge in [0.25, 0.3) is 0 Å². The van der Waals surface area contributed by atoms with Gasteiger partial charge in [0.05, 0.1) is 24.1 Å². The lowest BCUT2D eigenvalue weighted by Crippen LogP contribution is -2.39. The number of rotatable bonds is 4. The van der Waals surface area contributed by atoms with E-state index < -0.39 is 5.97 Å². The molecular formula is C14H22N4O2. The van der Waals surface area contributed by atoms with Gasteiger partial charge in [-0.25, -0.2) is 9.78 Å². The maximum absolute atomic E-state index is 11.8. The van der Waals surface area contributed by atoms with Crippen LogP contribution in [0.4, 0.5) is 11.5 Å². The third-order valence-corrected chi connectivity index (χ3v) is 3.41. The molecule has 1 saturated heterocycles. The van der Waals surface area contributed by atoms with Crippen molar-refractivity contribution in [2.75, 3.05) is 37.8 Å². The van der Waals surface area contributed by atoms with Gasteiger partial charge < -0.3 is 20.7 Å². The van der Waals surface area contributed by atoms with Crippen molar-refractivity contribution < 1.29 is 9.53 Å². The van der Waals surface area contributed by atoms with Crippen LogP contribution >= 0.6 is 0 Å². The standard InChI is InChI=1S/C14H22N4O2/c1-3-20-14(19)11-7-13(16-8-12(11)15)17-10-5-4-6-18(2)9-10/h7-8,10H,3-6,9,15H2,1-2H3,(H,16,17). The molecule has 0 spiro atoms. The van der Waals surface area contributed by atoms with Crippen molar-refractivity contribution >= 4 is 17.5 Å². The van der Waals surface area contributed by atoms with E-state index in [-0.39, 0.29) is 0 Å². The summed E-state index contributed by atoms with van der Waals surface area (Å²) >= 11 is 0. The fraction of sp³-hybridized carbons (Fsp3) is 0.571. The molecule has 1 aliphatic heterocycles. The molecule has 1 aromatic heterocycles. The summed E-state index contributed by atoms with van der Waals surface area (Å²) < 4.78 is 4.99.